The number of hydrogen-bond acceptors (Lipinski definition) is 5. The van der Waals surface area contributed by atoms with Gasteiger partial charge < -0.3 is 20.3 Å². The minimum atomic E-state index is -0.664. The number of unbranched alkanes of at least 4 members (excludes halogenated alkanes) is 67. The number of hydrogen-bond donors (Lipinski definition) is 3. The van der Waals surface area contributed by atoms with Crippen molar-refractivity contribution in [3.8, 4) is 0 Å². The van der Waals surface area contributed by atoms with Gasteiger partial charge in [-0.1, -0.05) is 449 Å². The molecule has 0 bridgehead atoms. The number of nitrogens with one attached hydrogen (secondary N) is 1. The Labute approximate surface area is 583 Å². The lowest BCUT2D eigenvalue weighted by Gasteiger charge is -2.22. The van der Waals surface area contributed by atoms with Crippen LogP contribution >= 0.6 is 0 Å². The van der Waals surface area contributed by atoms with Crippen molar-refractivity contribution in [2.24, 2.45) is 0 Å². The number of amides is 1. The fraction of sp³-hybridized carbons (Fsp3) is 0.931. The lowest BCUT2D eigenvalue weighted by Crippen LogP contribution is -2.45. The van der Waals surface area contributed by atoms with Crippen molar-refractivity contribution in [1.29, 1.82) is 0 Å². The molecule has 1 amide bonds. The normalized spacial score (nSPS) is 12.5. The molecule has 552 valence electrons. The molecule has 0 saturated heterocycles. The van der Waals surface area contributed by atoms with Gasteiger partial charge in [0.2, 0.25) is 5.91 Å². The number of aliphatic hydroxyl groups excluding tert-OH is 2. The summed E-state index contributed by atoms with van der Waals surface area (Å²) < 4.78 is 5.50. The number of carbonyl (C=O) groups is 2. The van der Waals surface area contributed by atoms with Crippen LogP contribution in [-0.4, -0.2) is 47.4 Å². The van der Waals surface area contributed by atoms with Gasteiger partial charge in [0.25, 0.3) is 0 Å². The molecule has 0 saturated carbocycles. The number of allylic oxidation sites excluding steroid dienone is 4. The topological polar surface area (TPSA) is 95.9 Å². The van der Waals surface area contributed by atoms with Crippen LogP contribution in [0.2, 0.25) is 0 Å². The Bertz CT molecular complexity index is 1460. The third kappa shape index (κ3) is 79.2. The first-order valence-corrected chi connectivity index (χ1v) is 43.1. The zero-order valence-corrected chi connectivity index (χ0v) is 63.5. The summed E-state index contributed by atoms with van der Waals surface area (Å²) in [6.45, 7) is 5.02. The average Bonchev–Trinajstić information content (AvgIpc) is 3.75. The predicted octanol–water partition coefficient (Wildman–Crippen LogP) is 28.8. The van der Waals surface area contributed by atoms with Crippen LogP contribution in [0.25, 0.3) is 0 Å². The van der Waals surface area contributed by atoms with Gasteiger partial charge in [0.15, 0.2) is 0 Å². The molecule has 2 atom stereocenters. The maximum absolute atomic E-state index is 12.6. The van der Waals surface area contributed by atoms with Crippen LogP contribution in [0.5, 0.6) is 0 Å². The number of carbonyl (C=O) groups excluding carboxylic acids is 2. The summed E-state index contributed by atoms with van der Waals surface area (Å²) in [4.78, 5) is 24.7. The first kappa shape index (κ1) is 91.3. The monoisotopic (exact) mass is 1310 g/mol. The van der Waals surface area contributed by atoms with Crippen LogP contribution in [-0.2, 0) is 14.3 Å². The summed E-state index contributed by atoms with van der Waals surface area (Å²) in [7, 11) is 0. The molecule has 0 heterocycles. The second-order valence-electron chi connectivity index (χ2n) is 29.9. The van der Waals surface area contributed by atoms with E-state index < -0.39 is 12.1 Å². The second kappa shape index (κ2) is 82.8. The van der Waals surface area contributed by atoms with Crippen LogP contribution < -0.4 is 5.32 Å². The molecule has 6 nitrogen and oxygen atoms in total. The van der Waals surface area contributed by atoms with Crippen LogP contribution in [0.1, 0.15) is 495 Å². The van der Waals surface area contributed by atoms with Crippen LogP contribution in [0, 0.1) is 0 Å². The van der Waals surface area contributed by atoms with Crippen LogP contribution in [0.3, 0.4) is 0 Å². The zero-order chi connectivity index (χ0) is 67.0. The molecule has 0 aliphatic carbocycles. The summed E-state index contributed by atoms with van der Waals surface area (Å²) in [5.74, 6) is -0.00361. The highest BCUT2D eigenvalue weighted by Gasteiger charge is 2.20. The molecule has 0 spiro atoms. The van der Waals surface area contributed by atoms with E-state index in [1.54, 1.807) is 0 Å². The van der Waals surface area contributed by atoms with Crippen molar-refractivity contribution in [3.63, 3.8) is 0 Å². The second-order valence-corrected chi connectivity index (χ2v) is 29.9. The van der Waals surface area contributed by atoms with E-state index in [1.165, 1.54) is 417 Å². The third-order valence-electron chi connectivity index (χ3n) is 20.5. The van der Waals surface area contributed by atoms with Gasteiger partial charge in [-0.2, -0.15) is 0 Å². The Morgan fingerprint density at radius 3 is 0.817 bits per heavy atom. The van der Waals surface area contributed by atoms with Gasteiger partial charge >= 0.3 is 5.97 Å². The molecule has 0 fully saturated rings. The smallest absolute Gasteiger partial charge is 0.305 e. The molecule has 2 unspecified atom stereocenters. The lowest BCUT2D eigenvalue weighted by molar-refractivity contribution is -0.143. The van der Waals surface area contributed by atoms with E-state index in [-0.39, 0.29) is 18.5 Å². The largest absolute Gasteiger partial charge is 0.466 e. The van der Waals surface area contributed by atoms with Crippen molar-refractivity contribution in [3.05, 3.63) is 24.3 Å². The highest BCUT2D eigenvalue weighted by Crippen LogP contribution is 2.21. The molecule has 0 aromatic heterocycles. The minimum Gasteiger partial charge on any atom is -0.466 e. The zero-order valence-electron chi connectivity index (χ0n) is 63.5. The lowest BCUT2D eigenvalue weighted by atomic mass is 10.0. The van der Waals surface area contributed by atoms with Gasteiger partial charge in [0.1, 0.15) is 0 Å². The first-order chi connectivity index (χ1) is 46.0. The van der Waals surface area contributed by atoms with Gasteiger partial charge in [-0.25, -0.2) is 0 Å². The average molecular weight is 1310 g/mol. The maximum atomic E-state index is 12.6. The van der Waals surface area contributed by atoms with E-state index in [2.05, 4.69) is 43.5 Å². The molecule has 0 aromatic rings. The molecule has 0 aliphatic heterocycles. The Morgan fingerprint density at radius 1 is 0.301 bits per heavy atom. The molecule has 0 aliphatic rings. The Balaban J connectivity index is 3.36. The molecule has 93 heavy (non-hydrogen) atoms. The highest BCUT2D eigenvalue weighted by molar-refractivity contribution is 5.76. The quantitative estimate of drug-likeness (QED) is 0.0320. The van der Waals surface area contributed by atoms with E-state index >= 15 is 0 Å². The van der Waals surface area contributed by atoms with Gasteiger partial charge in [-0.05, 0) is 57.8 Å². The fourth-order valence-corrected chi connectivity index (χ4v) is 14.0. The molecule has 6 heteroatoms. The summed E-state index contributed by atoms with van der Waals surface area (Å²) >= 11 is 0. The minimum absolute atomic E-state index is 0.0222. The summed E-state index contributed by atoms with van der Waals surface area (Å²) in [6.07, 6.45) is 107. The van der Waals surface area contributed by atoms with Crippen molar-refractivity contribution in [2.45, 2.75) is 508 Å². The SMILES string of the molecule is CCCCCCCCCCCCCCCCCCCCCCCCCCCC(O)C(CO)NC(=O)CCCCCCCCCCCCCCCCCCC/C=C\C/C=C\CCCCCCCCCCCCCCCOC(=O)CCCCCCCCCCCCCCCC. The summed E-state index contributed by atoms with van der Waals surface area (Å²) in [6, 6.07) is -0.541. The van der Waals surface area contributed by atoms with Gasteiger partial charge in [0.05, 0.1) is 25.4 Å². The number of rotatable bonds is 82. The molecular weight excluding hydrogens is 1140 g/mol. The van der Waals surface area contributed by atoms with E-state index in [0.717, 1.165) is 44.9 Å². The molecule has 0 aromatic carbocycles. The summed E-state index contributed by atoms with van der Waals surface area (Å²) in [5, 5.41) is 23.5. The molecule has 3 N–H and O–H groups in total. The standard InChI is InChI=1S/C87H169NO5/c1-3-5-7-9-11-13-15-17-19-20-21-22-23-37-40-43-46-49-52-55-59-63-67-71-75-79-85(90)84(83-89)88-86(91)80-76-72-68-64-60-56-53-50-47-44-41-38-35-33-31-29-27-25-24-26-28-30-32-34-36-39-42-45-48-51-54-58-62-66-70-74-78-82-93-87(92)81-77-73-69-65-61-57-18-16-14-12-10-8-6-4-2/h24,26,30,32,84-85,89-90H,3-23,25,27-29,31,33-83H2,1-2H3,(H,88,91)/b26-24-,32-30-. The first-order valence-electron chi connectivity index (χ1n) is 43.1. The number of ether oxygens (including phenoxy) is 1. The predicted molar refractivity (Wildman–Crippen MR) is 412 cm³/mol. The highest BCUT2D eigenvalue weighted by atomic mass is 16.5. The van der Waals surface area contributed by atoms with E-state index in [1.807, 2.05) is 0 Å². The van der Waals surface area contributed by atoms with E-state index in [4.69, 9.17) is 4.74 Å². The van der Waals surface area contributed by atoms with Crippen molar-refractivity contribution >= 4 is 11.9 Å². The van der Waals surface area contributed by atoms with Gasteiger partial charge in [-0.15, -0.1) is 0 Å². The van der Waals surface area contributed by atoms with Crippen molar-refractivity contribution < 1.29 is 24.5 Å². The Hall–Kier alpha value is -1.66. The number of esters is 1. The Morgan fingerprint density at radius 2 is 0.538 bits per heavy atom. The van der Waals surface area contributed by atoms with Crippen LogP contribution in [0.4, 0.5) is 0 Å². The van der Waals surface area contributed by atoms with Crippen molar-refractivity contribution in [1.82, 2.24) is 5.32 Å². The number of aliphatic hydroxyl groups is 2. The fourth-order valence-electron chi connectivity index (χ4n) is 14.0. The Kier molecular flexibility index (Phi) is 81.3. The van der Waals surface area contributed by atoms with Gasteiger partial charge in [0, 0.05) is 12.8 Å². The molecule has 0 rings (SSSR count). The molecular formula is C87H169NO5. The van der Waals surface area contributed by atoms with E-state index in [9.17, 15) is 19.8 Å². The maximum Gasteiger partial charge on any atom is 0.305 e. The van der Waals surface area contributed by atoms with Crippen LogP contribution in [0.15, 0.2) is 24.3 Å². The van der Waals surface area contributed by atoms with E-state index in [0.29, 0.717) is 25.9 Å². The molecule has 0 radical (unpaired) electrons. The summed E-state index contributed by atoms with van der Waals surface area (Å²) in [5.41, 5.74) is 0. The van der Waals surface area contributed by atoms with Crippen molar-refractivity contribution in [2.75, 3.05) is 13.2 Å². The van der Waals surface area contributed by atoms with Gasteiger partial charge in [-0.3, -0.25) is 9.59 Å². The third-order valence-corrected chi connectivity index (χ3v) is 20.5.